The van der Waals surface area contributed by atoms with Crippen LogP contribution in [0, 0.1) is 3.57 Å². The van der Waals surface area contributed by atoms with Gasteiger partial charge in [-0.3, -0.25) is 4.79 Å². The van der Waals surface area contributed by atoms with E-state index in [4.69, 9.17) is 9.47 Å². The van der Waals surface area contributed by atoms with E-state index in [2.05, 4.69) is 33.1 Å². The van der Waals surface area contributed by atoms with Crippen LogP contribution in [0.25, 0.3) is 0 Å². The molecule has 0 fully saturated rings. The van der Waals surface area contributed by atoms with Gasteiger partial charge in [-0.25, -0.2) is 5.43 Å². The molecule has 0 saturated heterocycles. The molecule has 2 aromatic carbocycles. The molecular weight excluding hydrogens is 475 g/mol. The quantitative estimate of drug-likeness (QED) is 0.296. The zero-order valence-electron chi connectivity index (χ0n) is 14.5. The fraction of sp³-hybridized carbons (Fsp3) is 0.100. The molecule has 0 aliphatic carbocycles. The van der Waals surface area contributed by atoms with Gasteiger partial charge in [0.05, 0.1) is 18.2 Å². The van der Waals surface area contributed by atoms with Crippen LogP contribution in [0.5, 0.6) is 11.5 Å². The van der Waals surface area contributed by atoms with Crippen molar-refractivity contribution in [3.05, 3.63) is 79.6 Å². The van der Waals surface area contributed by atoms with Gasteiger partial charge >= 0.3 is 0 Å². The zero-order valence-corrected chi connectivity index (χ0v) is 17.5. The summed E-state index contributed by atoms with van der Waals surface area (Å²) in [5.74, 6) is 1.02. The fourth-order valence-electron chi connectivity index (χ4n) is 2.25. The molecule has 1 heterocycles. The molecule has 1 amide bonds. The number of ether oxygens (including phenoxy) is 2. The maximum Gasteiger partial charge on any atom is 0.281 e. The number of benzene rings is 2. The third kappa shape index (κ3) is 5.54. The minimum atomic E-state index is -0.231. The summed E-state index contributed by atoms with van der Waals surface area (Å²) >= 11 is 3.64. The number of rotatable bonds is 7. The summed E-state index contributed by atoms with van der Waals surface area (Å²) in [6, 6.07) is 17.2. The third-order valence-electron chi connectivity index (χ3n) is 3.62. The van der Waals surface area contributed by atoms with Crippen molar-refractivity contribution in [3.8, 4) is 11.5 Å². The van der Waals surface area contributed by atoms with Crippen LogP contribution in [-0.4, -0.2) is 19.2 Å². The van der Waals surface area contributed by atoms with Gasteiger partial charge in [-0.15, -0.1) is 11.3 Å². The van der Waals surface area contributed by atoms with Gasteiger partial charge < -0.3 is 9.47 Å². The summed E-state index contributed by atoms with van der Waals surface area (Å²) in [6.07, 6.45) is 1.57. The summed E-state index contributed by atoms with van der Waals surface area (Å²) in [4.78, 5) is 12.5. The average molecular weight is 492 g/mol. The third-order valence-corrected chi connectivity index (χ3v) is 5.21. The molecule has 1 aromatic heterocycles. The van der Waals surface area contributed by atoms with E-state index in [9.17, 15) is 4.79 Å². The minimum Gasteiger partial charge on any atom is -0.493 e. The summed E-state index contributed by atoms with van der Waals surface area (Å²) in [7, 11) is 1.59. The van der Waals surface area contributed by atoms with E-state index in [1.54, 1.807) is 19.4 Å². The summed E-state index contributed by atoms with van der Waals surface area (Å²) in [5.41, 5.74) is 4.38. The Morgan fingerprint density at radius 1 is 1.19 bits per heavy atom. The molecule has 0 unspecified atom stereocenters. The van der Waals surface area contributed by atoms with E-state index < -0.39 is 0 Å². The van der Waals surface area contributed by atoms with E-state index in [0.29, 0.717) is 23.0 Å². The van der Waals surface area contributed by atoms with Crippen molar-refractivity contribution < 1.29 is 14.3 Å². The van der Waals surface area contributed by atoms with Gasteiger partial charge in [-0.2, -0.15) is 5.10 Å². The highest BCUT2D eigenvalue weighted by atomic mass is 127. The second-order valence-electron chi connectivity index (χ2n) is 5.50. The van der Waals surface area contributed by atoms with E-state index in [-0.39, 0.29) is 5.91 Å². The number of hydrogen-bond acceptors (Lipinski definition) is 5. The van der Waals surface area contributed by atoms with Crippen molar-refractivity contribution in [3.63, 3.8) is 0 Å². The monoisotopic (exact) mass is 492 g/mol. The molecule has 0 radical (unpaired) electrons. The highest BCUT2D eigenvalue weighted by Gasteiger charge is 2.07. The van der Waals surface area contributed by atoms with Crippen molar-refractivity contribution in [2.24, 2.45) is 5.10 Å². The molecule has 3 rings (SSSR count). The molecule has 0 aliphatic rings. The molecule has 138 valence electrons. The Morgan fingerprint density at radius 3 is 2.70 bits per heavy atom. The predicted molar refractivity (Wildman–Crippen MR) is 116 cm³/mol. The van der Waals surface area contributed by atoms with Gasteiger partial charge in [0, 0.05) is 3.57 Å². The number of carbonyl (C=O) groups is 1. The largest absolute Gasteiger partial charge is 0.493 e. The van der Waals surface area contributed by atoms with Crippen LogP contribution < -0.4 is 14.9 Å². The normalized spacial score (nSPS) is 10.7. The van der Waals surface area contributed by atoms with Crippen LogP contribution in [-0.2, 0) is 6.61 Å². The topological polar surface area (TPSA) is 59.9 Å². The number of amides is 1. The number of nitrogens with zero attached hydrogens (tertiary/aromatic N) is 1. The Morgan fingerprint density at radius 2 is 2.00 bits per heavy atom. The van der Waals surface area contributed by atoms with Crippen LogP contribution in [0.1, 0.15) is 20.8 Å². The number of hydrogen-bond donors (Lipinski definition) is 1. The van der Waals surface area contributed by atoms with E-state index in [1.807, 2.05) is 53.9 Å². The molecule has 27 heavy (non-hydrogen) atoms. The molecule has 0 atom stereocenters. The number of methoxy groups -OCH3 is 1. The predicted octanol–water partition coefficient (Wildman–Crippen LogP) is 4.70. The van der Waals surface area contributed by atoms with Gasteiger partial charge in [0.2, 0.25) is 0 Å². The summed E-state index contributed by atoms with van der Waals surface area (Å²) in [6.45, 7) is 0.456. The van der Waals surface area contributed by atoms with Gasteiger partial charge in [-0.1, -0.05) is 18.2 Å². The number of nitrogens with one attached hydrogen (secondary N) is 1. The van der Waals surface area contributed by atoms with Crippen molar-refractivity contribution in [2.75, 3.05) is 7.11 Å². The SMILES string of the molecule is COc1cc(/C=N/NC(=O)c2cccs2)ccc1OCc1ccc(I)cc1. The molecular formula is C20H17IN2O3S. The van der Waals surface area contributed by atoms with E-state index >= 15 is 0 Å². The van der Waals surface area contributed by atoms with Crippen LogP contribution in [0.4, 0.5) is 0 Å². The molecule has 5 nitrogen and oxygen atoms in total. The fourth-order valence-corrected chi connectivity index (χ4v) is 3.23. The van der Waals surface area contributed by atoms with Gasteiger partial charge in [-0.05, 0) is 75.5 Å². The highest BCUT2D eigenvalue weighted by molar-refractivity contribution is 14.1. The van der Waals surface area contributed by atoms with E-state index in [0.717, 1.165) is 11.1 Å². The molecule has 7 heteroatoms. The number of carbonyl (C=O) groups excluding carboxylic acids is 1. The first-order valence-electron chi connectivity index (χ1n) is 8.08. The van der Waals surface area contributed by atoms with Crippen molar-refractivity contribution in [1.82, 2.24) is 5.43 Å². The van der Waals surface area contributed by atoms with Crippen LogP contribution >= 0.6 is 33.9 Å². The Balaban J connectivity index is 1.62. The van der Waals surface area contributed by atoms with Gasteiger partial charge in [0.25, 0.3) is 5.91 Å². The Kier molecular flexibility index (Phi) is 6.83. The van der Waals surface area contributed by atoms with Crippen LogP contribution in [0.3, 0.4) is 0 Å². The van der Waals surface area contributed by atoms with Gasteiger partial charge in [0.1, 0.15) is 6.61 Å². The highest BCUT2D eigenvalue weighted by Crippen LogP contribution is 2.28. The first-order chi connectivity index (χ1) is 13.2. The second kappa shape index (κ2) is 9.52. The minimum absolute atomic E-state index is 0.231. The Bertz CT molecular complexity index is 925. The number of hydrazone groups is 1. The molecule has 0 aliphatic heterocycles. The molecule has 0 saturated carbocycles. The zero-order chi connectivity index (χ0) is 19.1. The molecule has 3 aromatic rings. The standard InChI is InChI=1S/C20H17IN2O3S/c1-25-18-11-15(12-22-23-20(24)19-3-2-10-27-19)6-9-17(18)26-13-14-4-7-16(21)8-5-14/h2-12H,13H2,1H3,(H,23,24)/b22-12+. The lowest BCUT2D eigenvalue weighted by atomic mass is 10.2. The average Bonchev–Trinajstić information content (AvgIpc) is 3.23. The van der Waals surface area contributed by atoms with Crippen LogP contribution in [0.2, 0.25) is 0 Å². The van der Waals surface area contributed by atoms with Crippen molar-refractivity contribution in [1.29, 1.82) is 0 Å². The number of halogens is 1. The van der Waals surface area contributed by atoms with E-state index in [1.165, 1.54) is 14.9 Å². The summed E-state index contributed by atoms with van der Waals surface area (Å²) in [5, 5.41) is 5.84. The first-order valence-corrected chi connectivity index (χ1v) is 10.0. The lowest BCUT2D eigenvalue weighted by Gasteiger charge is -2.11. The maximum atomic E-state index is 11.9. The Hall–Kier alpha value is -2.39. The van der Waals surface area contributed by atoms with Gasteiger partial charge in [0.15, 0.2) is 11.5 Å². The molecule has 1 N–H and O–H groups in total. The molecule has 0 spiro atoms. The van der Waals surface area contributed by atoms with Crippen LogP contribution in [0.15, 0.2) is 65.1 Å². The number of thiophene rings is 1. The summed E-state index contributed by atoms with van der Waals surface area (Å²) < 4.78 is 12.5. The van der Waals surface area contributed by atoms with Crippen molar-refractivity contribution >= 4 is 46.0 Å². The Labute approximate surface area is 175 Å². The maximum absolute atomic E-state index is 11.9. The lowest BCUT2D eigenvalue weighted by Crippen LogP contribution is -2.16. The smallest absolute Gasteiger partial charge is 0.281 e. The van der Waals surface area contributed by atoms with Crippen molar-refractivity contribution in [2.45, 2.75) is 6.61 Å². The lowest BCUT2D eigenvalue weighted by molar-refractivity contribution is 0.0959. The molecule has 0 bridgehead atoms. The first kappa shape index (κ1) is 19.4. The second-order valence-corrected chi connectivity index (χ2v) is 7.70.